The summed E-state index contributed by atoms with van der Waals surface area (Å²) in [6.45, 7) is 5.76. The number of halogens is 1. The van der Waals surface area contributed by atoms with Crippen LogP contribution in [-0.4, -0.2) is 23.3 Å². The number of aliphatic hydroxyl groups is 1. The normalized spacial score (nSPS) is 13.8. The Kier molecular flexibility index (Phi) is 5.16. The minimum atomic E-state index is -0.873. The van der Waals surface area contributed by atoms with E-state index in [9.17, 15) is 9.90 Å². The minimum Gasteiger partial charge on any atom is -0.388 e. The van der Waals surface area contributed by atoms with Crippen molar-refractivity contribution in [3.05, 3.63) is 28.2 Å². The molecule has 18 heavy (non-hydrogen) atoms. The average molecular weight is 315 g/mol. The van der Waals surface area contributed by atoms with Gasteiger partial charge in [-0.1, -0.05) is 13.0 Å². The third-order valence-corrected chi connectivity index (χ3v) is 3.42. The molecular formula is C13H19BrN2O2. The summed E-state index contributed by atoms with van der Waals surface area (Å²) < 4.78 is 0.833. The first-order valence-electron chi connectivity index (χ1n) is 5.87. The molecule has 1 aromatic carbocycles. The van der Waals surface area contributed by atoms with Crippen molar-refractivity contribution >= 4 is 27.6 Å². The molecule has 5 heteroatoms. The highest BCUT2D eigenvalue weighted by molar-refractivity contribution is 9.10. The Morgan fingerprint density at radius 3 is 2.72 bits per heavy atom. The summed E-state index contributed by atoms with van der Waals surface area (Å²) >= 11 is 3.39. The van der Waals surface area contributed by atoms with Crippen molar-refractivity contribution in [2.24, 2.45) is 0 Å². The van der Waals surface area contributed by atoms with E-state index < -0.39 is 5.60 Å². The second-order valence-corrected chi connectivity index (χ2v) is 5.50. The lowest BCUT2D eigenvalue weighted by molar-refractivity contribution is 0.0587. The largest absolute Gasteiger partial charge is 0.388 e. The first kappa shape index (κ1) is 15.0. The number of urea groups is 1. The number of nitrogens with one attached hydrogen (secondary N) is 2. The van der Waals surface area contributed by atoms with Gasteiger partial charge in [-0.15, -0.1) is 0 Å². The van der Waals surface area contributed by atoms with E-state index in [0.717, 1.165) is 10.0 Å². The molecule has 0 bridgehead atoms. The van der Waals surface area contributed by atoms with Crippen LogP contribution >= 0.6 is 15.9 Å². The topological polar surface area (TPSA) is 61.4 Å². The van der Waals surface area contributed by atoms with Gasteiger partial charge in [0.25, 0.3) is 0 Å². The Bertz CT molecular complexity index is 433. The summed E-state index contributed by atoms with van der Waals surface area (Å²) in [5.74, 6) is 0. The Labute approximate surface area is 116 Å². The number of benzene rings is 1. The van der Waals surface area contributed by atoms with Gasteiger partial charge in [0.1, 0.15) is 0 Å². The monoisotopic (exact) mass is 314 g/mol. The molecule has 0 unspecified atom stereocenters. The lowest BCUT2D eigenvalue weighted by atomic mass is 10.0. The van der Waals surface area contributed by atoms with E-state index in [1.165, 1.54) is 0 Å². The van der Waals surface area contributed by atoms with Crippen molar-refractivity contribution in [1.82, 2.24) is 5.32 Å². The third-order valence-electron chi connectivity index (χ3n) is 2.76. The van der Waals surface area contributed by atoms with E-state index in [-0.39, 0.29) is 12.6 Å². The zero-order chi connectivity index (χ0) is 13.8. The molecule has 0 aliphatic heterocycles. The highest BCUT2D eigenvalue weighted by atomic mass is 79.9. The predicted octanol–water partition coefficient (Wildman–Crippen LogP) is 3.04. The first-order valence-corrected chi connectivity index (χ1v) is 6.67. The van der Waals surface area contributed by atoms with E-state index in [1.54, 1.807) is 6.92 Å². The molecule has 0 saturated heterocycles. The standard InChI is InChI=1S/C13H19BrN2O2/c1-4-13(3,18)8-15-12(17)16-11-6-5-9(2)7-10(11)14/h5-7,18H,4,8H2,1-3H3,(H2,15,16,17)/t13-/m1/s1. The van der Waals surface area contributed by atoms with Gasteiger partial charge in [-0.05, 0) is 53.9 Å². The van der Waals surface area contributed by atoms with Crippen LogP contribution in [0.1, 0.15) is 25.8 Å². The van der Waals surface area contributed by atoms with Crippen LogP contribution in [0.3, 0.4) is 0 Å². The molecule has 0 aromatic heterocycles. The maximum absolute atomic E-state index is 11.7. The van der Waals surface area contributed by atoms with Crippen molar-refractivity contribution < 1.29 is 9.90 Å². The van der Waals surface area contributed by atoms with Gasteiger partial charge in [0, 0.05) is 11.0 Å². The highest BCUT2D eigenvalue weighted by Gasteiger charge is 2.18. The molecule has 1 aromatic rings. The zero-order valence-electron chi connectivity index (χ0n) is 10.9. The smallest absolute Gasteiger partial charge is 0.319 e. The average Bonchev–Trinajstić information content (AvgIpc) is 2.30. The zero-order valence-corrected chi connectivity index (χ0v) is 12.5. The van der Waals surface area contributed by atoms with Crippen LogP contribution in [-0.2, 0) is 0 Å². The van der Waals surface area contributed by atoms with Gasteiger partial charge in [0.2, 0.25) is 0 Å². The number of carbonyl (C=O) groups excluding carboxylic acids is 1. The Hall–Kier alpha value is -1.07. The summed E-state index contributed by atoms with van der Waals surface area (Å²) in [5.41, 5.74) is 0.943. The van der Waals surface area contributed by atoms with Crippen molar-refractivity contribution in [1.29, 1.82) is 0 Å². The molecule has 4 nitrogen and oxygen atoms in total. The van der Waals surface area contributed by atoms with Gasteiger partial charge in [0.15, 0.2) is 0 Å². The second-order valence-electron chi connectivity index (χ2n) is 4.64. The molecule has 3 N–H and O–H groups in total. The molecule has 0 aliphatic rings. The molecule has 100 valence electrons. The van der Waals surface area contributed by atoms with Gasteiger partial charge < -0.3 is 15.7 Å². The number of rotatable bonds is 4. The summed E-state index contributed by atoms with van der Waals surface area (Å²) in [7, 11) is 0. The van der Waals surface area contributed by atoms with Crippen LogP contribution in [0.25, 0.3) is 0 Å². The van der Waals surface area contributed by atoms with E-state index in [4.69, 9.17) is 0 Å². The Morgan fingerprint density at radius 1 is 1.50 bits per heavy atom. The molecular weight excluding hydrogens is 296 g/mol. The summed E-state index contributed by atoms with van der Waals surface area (Å²) in [4.78, 5) is 11.7. The fourth-order valence-electron chi connectivity index (χ4n) is 1.28. The van der Waals surface area contributed by atoms with E-state index in [2.05, 4.69) is 26.6 Å². The Balaban J connectivity index is 2.55. The molecule has 0 fully saturated rings. The van der Waals surface area contributed by atoms with Crippen LogP contribution in [0.15, 0.2) is 22.7 Å². The lowest BCUT2D eigenvalue weighted by Crippen LogP contribution is -2.41. The SMILES string of the molecule is CC[C@@](C)(O)CNC(=O)Nc1ccc(C)cc1Br. The van der Waals surface area contributed by atoms with Crippen LogP contribution in [0.2, 0.25) is 0 Å². The van der Waals surface area contributed by atoms with Gasteiger partial charge in [-0.25, -0.2) is 4.79 Å². The van der Waals surface area contributed by atoms with Crippen molar-refractivity contribution in [3.8, 4) is 0 Å². The fourth-order valence-corrected chi connectivity index (χ4v) is 1.88. The Morgan fingerprint density at radius 2 is 2.17 bits per heavy atom. The molecule has 1 atom stereocenters. The molecule has 1 rings (SSSR count). The predicted molar refractivity (Wildman–Crippen MR) is 76.8 cm³/mol. The van der Waals surface area contributed by atoms with Gasteiger partial charge in [0.05, 0.1) is 11.3 Å². The maximum Gasteiger partial charge on any atom is 0.319 e. The highest BCUT2D eigenvalue weighted by Crippen LogP contribution is 2.23. The maximum atomic E-state index is 11.7. The van der Waals surface area contributed by atoms with Crippen molar-refractivity contribution in [2.45, 2.75) is 32.8 Å². The summed E-state index contributed by atoms with van der Waals surface area (Å²) in [6, 6.07) is 5.35. The van der Waals surface area contributed by atoms with Gasteiger partial charge >= 0.3 is 6.03 Å². The molecule has 0 saturated carbocycles. The quantitative estimate of drug-likeness (QED) is 0.800. The number of carbonyl (C=O) groups is 1. The minimum absolute atomic E-state index is 0.221. The van der Waals surface area contributed by atoms with E-state index >= 15 is 0 Å². The van der Waals surface area contributed by atoms with Crippen molar-refractivity contribution in [3.63, 3.8) is 0 Å². The van der Waals surface area contributed by atoms with Gasteiger partial charge in [-0.2, -0.15) is 0 Å². The first-order chi connectivity index (χ1) is 8.34. The van der Waals surface area contributed by atoms with Crippen LogP contribution < -0.4 is 10.6 Å². The van der Waals surface area contributed by atoms with Crippen LogP contribution in [0.4, 0.5) is 10.5 Å². The lowest BCUT2D eigenvalue weighted by Gasteiger charge is -2.21. The van der Waals surface area contributed by atoms with Crippen LogP contribution in [0, 0.1) is 6.92 Å². The summed E-state index contributed by atoms with van der Waals surface area (Å²) in [5, 5.41) is 15.1. The molecule has 0 radical (unpaired) electrons. The van der Waals surface area contributed by atoms with E-state index in [1.807, 2.05) is 32.0 Å². The van der Waals surface area contributed by atoms with E-state index in [0.29, 0.717) is 12.1 Å². The summed E-state index contributed by atoms with van der Waals surface area (Å²) in [6.07, 6.45) is 0.585. The van der Waals surface area contributed by atoms with Crippen LogP contribution in [0.5, 0.6) is 0 Å². The molecule has 0 spiro atoms. The molecule has 0 heterocycles. The fraction of sp³-hybridized carbons (Fsp3) is 0.462. The van der Waals surface area contributed by atoms with Crippen molar-refractivity contribution in [2.75, 3.05) is 11.9 Å². The van der Waals surface area contributed by atoms with Gasteiger partial charge in [-0.3, -0.25) is 0 Å². The number of amides is 2. The molecule has 2 amide bonds. The molecule has 0 aliphatic carbocycles. The number of hydrogen-bond donors (Lipinski definition) is 3. The third kappa shape index (κ3) is 4.66. The second kappa shape index (κ2) is 6.20. The number of anilines is 1. The number of aryl methyl sites for hydroxylation is 1. The number of hydrogen-bond acceptors (Lipinski definition) is 2.